The normalized spacial score (nSPS) is 23.8. The van der Waals surface area contributed by atoms with Crippen molar-refractivity contribution in [2.24, 2.45) is 0 Å². The lowest BCUT2D eigenvalue weighted by molar-refractivity contribution is -0.449. The summed E-state index contributed by atoms with van der Waals surface area (Å²) in [7, 11) is 0. The van der Waals surface area contributed by atoms with E-state index in [1.165, 1.54) is 5.04 Å². The Hall–Kier alpha value is 0.460. The zero-order valence-electron chi connectivity index (χ0n) is 5.93. The van der Waals surface area contributed by atoms with Crippen molar-refractivity contribution in [3.63, 3.8) is 0 Å². The Morgan fingerprint density at radius 3 is 2.90 bits per heavy atom. The first-order valence-corrected chi connectivity index (χ1v) is 4.06. The smallest absolute Gasteiger partial charge is 0.206 e. The summed E-state index contributed by atoms with van der Waals surface area (Å²) >= 11 is 1.84. The summed E-state index contributed by atoms with van der Waals surface area (Å²) < 4.78 is 0. The van der Waals surface area contributed by atoms with Crippen molar-refractivity contribution < 1.29 is 27.1 Å². The van der Waals surface area contributed by atoms with Crippen molar-refractivity contribution in [1.82, 2.24) is 0 Å². The molecule has 2 N–H and O–H groups in total. The molecule has 10 heavy (non-hydrogen) atoms. The topological polar surface area (TPSA) is 34.2 Å². The number of thioether (sulfide) groups is 1. The van der Waals surface area contributed by atoms with E-state index in [2.05, 4.69) is 11.9 Å². The van der Waals surface area contributed by atoms with Crippen LogP contribution in [0.1, 0.15) is 13.3 Å². The van der Waals surface area contributed by atoms with Crippen LogP contribution in [0.25, 0.3) is 0 Å². The fourth-order valence-corrected chi connectivity index (χ4v) is 1.95. The Labute approximate surface area is 75.9 Å². The Bertz CT molecular complexity index is 129. The first kappa shape index (κ1) is 10.5. The largest absolute Gasteiger partial charge is 1.00 e. The summed E-state index contributed by atoms with van der Waals surface area (Å²) in [6.07, 6.45) is 0.912. The van der Waals surface area contributed by atoms with Crippen LogP contribution in [0.3, 0.4) is 0 Å². The molecule has 0 aromatic heterocycles. The average molecular weight is 226 g/mol. The van der Waals surface area contributed by atoms with Gasteiger partial charge in [-0.25, -0.2) is 4.99 Å². The van der Waals surface area contributed by atoms with Crippen LogP contribution in [0.5, 0.6) is 0 Å². The molecule has 0 spiro atoms. The van der Waals surface area contributed by atoms with Crippen molar-refractivity contribution in [3.05, 3.63) is 0 Å². The highest BCUT2D eigenvalue weighted by Crippen LogP contribution is 2.14. The molecule has 0 aromatic carbocycles. The van der Waals surface area contributed by atoms with Crippen LogP contribution in [0.15, 0.2) is 0 Å². The molecule has 0 fully saturated rings. The molecule has 1 heterocycles. The van der Waals surface area contributed by atoms with E-state index >= 15 is 0 Å². The van der Waals surface area contributed by atoms with Gasteiger partial charge in [-0.1, -0.05) is 11.8 Å². The first-order chi connectivity index (χ1) is 4.33. The molecular weight excluding hydrogens is 214 g/mol. The predicted molar refractivity (Wildman–Crippen MR) is 39.6 cm³/mol. The second-order valence-electron chi connectivity index (χ2n) is 2.19. The van der Waals surface area contributed by atoms with Gasteiger partial charge in [0.2, 0.25) is 5.04 Å². The van der Waals surface area contributed by atoms with E-state index in [-0.39, 0.29) is 17.0 Å². The van der Waals surface area contributed by atoms with E-state index in [9.17, 15) is 0 Å². The van der Waals surface area contributed by atoms with Gasteiger partial charge in [-0.15, -0.1) is 0 Å². The van der Waals surface area contributed by atoms with Gasteiger partial charge >= 0.3 is 0 Å². The molecular formula is C6H12BrNOS. The third-order valence-electron chi connectivity index (χ3n) is 1.37. The van der Waals surface area contributed by atoms with Gasteiger partial charge in [0, 0.05) is 13.5 Å². The van der Waals surface area contributed by atoms with Crippen LogP contribution >= 0.6 is 11.8 Å². The number of rotatable bonds is 2. The Morgan fingerprint density at radius 1 is 1.80 bits per heavy atom. The van der Waals surface area contributed by atoms with Gasteiger partial charge in [0.1, 0.15) is 0 Å². The van der Waals surface area contributed by atoms with Crippen LogP contribution in [-0.4, -0.2) is 28.6 Å². The minimum Gasteiger partial charge on any atom is -1.00 e. The molecule has 1 rings (SSSR count). The third kappa shape index (κ3) is 3.03. The molecule has 1 aliphatic rings. The summed E-state index contributed by atoms with van der Waals surface area (Å²) in [5.41, 5.74) is 0. The number of halogens is 1. The van der Waals surface area contributed by atoms with Crippen molar-refractivity contribution >= 4 is 16.8 Å². The van der Waals surface area contributed by atoms with Gasteiger partial charge in [0.25, 0.3) is 0 Å². The third-order valence-corrected chi connectivity index (χ3v) is 2.61. The first-order valence-electron chi connectivity index (χ1n) is 3.18. The van der Waals surface area contributed by atoms with Gasteiger partial charge in [-0.2, -0.15) is 0 Å². The van der Waals surface area contributed by atoms with Crippen LogP contribution in [0.4, 0.5) is 0 Å². The highest BCUT2D eigenvalue weighted by Gasteiger charge is 2.20. The second-order valence-corrected chi connectivity index (χ2v) is 3.70. The number of hydrogen-bond acceptors (Lipinski definition) is 2. The standard InChI is InChI=1S/C6H11NOS.BrH/c1-5-7-4-6(9-5)2-3-8;/h6,8H,2-4H2,1H3;1H. The Balaban J connectivity index is 0.000000810. The molecule has 1 unspecified atom stereocenters. The summed E-state index contributed by atoms with van der Waals surface area (Å²) in [4.78, 5) is 3.22. The van der Waals surface area contributed by atoms with E-state index in [4.69, 9.17) is 5.11 Å². The van der Waals surface area contributed by atoms with Gasteiger partial charge in [-0.3, -0.25) is 0 Å². The molecule has 2 nitrogen and oxygen atoms in total. The lowest BCUT2D eigenvalue weighted by atomic mass is 10.3. The van der Waals surface area contributed by atoms with Crippen molar-refractivity contribution in [1.29, 1.82) is 0 Å². The summed E-state index contributed by atoms with van der Waals surface area (Å²) in [5.74, 6) is 0. The van der Waals surface area contributed by atoms with Crippen LogP contribution in [-0.2, 0) is 0 Å². The maximum Gasteiger partial charge on any atom is 0.206 e. The van der Waals surface area contributed by atoms with E-state index in [0.29, 0.717) is 11.9 Å². The molecule has 0 saturated heterocycles. The Morgan fingerprint density at radius 2 is 2.50 bits per heavy atom. The fraction of sp³-hybridized carbons (Fsp3) is 0.833. The van der Waals surface area contributed by atoms with E-state index < -0.39 is 0 Å². The van der Waals surface area contributed by atoms with Crippen molar-refractivity contribution in [3.8, 4) is 0 Å². The average Bonchev–Trinajstić information content (AvgIpc) is 2.17. The number of nitrogens with one attached hydrogen (secondary N) is 1. The maximum atomic E-state index is 8.56. The highest BCUT2D eigenvalue weighted by atomic mass is 79.9. The van der Waals surface area contributed by atoms with Gasteiger partial charge < -0.3 is 22.1 Å². The quantitative estimate of drug-likeness (QED) is 0.503. The van der Waals surface area contributed by atoms with Gasteiger partial charge in [-0.05, 0) is 6.42 Å². The second kappa shape index (κ2) is 5.16. The molecule has 1 atom stereocenters. The lowest BCUT2D eigenvalue weighted by Gasteiger charge is -1.98. The minimum absolute atomic E-state index is 0. The van der Waals surface area contributed by atoms with E-state index in [1.807, 2.05) is 11.8 Å². The van der Waals surface area contributed by atoms with Crippen LogP contribution < -0.4 is 22.0 Å². The molecule has 60 valence electrons. The van der Waals surface area contributed by atoms with E-state index in [1.54, 1.807) is 0 Å². The predicted octanol–water partition coefficient (Wildman–Crippen LogP) is -4.01. The zero-order chi connectivity index (χ0) is 6.69. The summed E-state index contributed by atoms with van der Waals surface area (Å²) in [6.45, 7) is 3.41. The SMILES string of the molecule is CC1=[NH+]CC(CCO)S1.[Br-]. The molecule has 4 heteroatoms. The molecule has 0 aromatic rings. The number of aliphatic hydroxyl groups excluding tert-OH is 1. The van der Waals surface area contributed by atoms with Crippen LogP contribution in [0.2, 0.25) is 0 Å². The van der Waals surface area contributed by atoms with E-state index in [0.717, 1.165) is 13.0 Å². The molecule has 0 amide bonds. The monoisotopic (exact) mass is 225 g/mol. The summed E-state index contributed by atoms with van der Waals surface area (Å²) in [5, 5.41) is 10.5. The number of aliphatic hydroxyl groups is 1. The molecule has 0 radical (unpaired) electrons. The molecule has 0 aliphatic carbocycles. The lowest BCUT2D eigenvalue weighted by Crippen LogP contribution is -3.00. The number of hydrogen-bond donors (Lipinski definition) is 2. The van der Waals surface area contributed by atoms with Crippen molar-refractivity contribution in [2.45, 2.75) is 18.6 Å². The van der Waals surface area contributed by atoms with Crippen LogP contribution in [0, 0.1) is 0 Å². The molecule has 0 bridgehead atoms. The molecule has 1 aliphatic heterocycles. The minimum atomic E-state index is 0. The van der Waals surface area contributed by atoms with Gasteiger partial charge in [0.05, 0.1) is 5.25 Å². The maximum absolute atomic E-state index is 8.56. The van der Waals surface area contributed by atoms with Crippen molar-refractivity contribution in [2.75, 3.05) is 13.2 Å². The fourth-order valence-electron chi connectivity index (χ4n) is 0.896. The Kier molecular flexibility index (Phi) is 5.39. The van der Waals surface area contributed by atoms with Gasteiger partial charge in [0.15, 0.2) is 6.54 Å². The summed E-state index contributed by atoms with van der Waals surface area (Å²) in [6, 6.07) is 0. The highest BCUT2D eigenvalue weighted by molar-refractivity contribution is 8.14. The zero-order valence-corrected chi connectivity index (χ0v) is 8.33. The molecule has 0 saturated carbocycles.